The van der Waals surface area contributed by atoms with Crippen molar-refractivity contribution in [2.24, 2.45) is 0 Å². The summed E-state index contributed by atoms with van der Waals surface area (Å²) in [5, 5.41) is 12.9. The molecule has 0 aliphatic carbocycles. The molecule has 106 valence electrons. The Hall–Kier alpha value is -2.63. The number of para-hydroxylation sites is 1. The van der Waals surface area contributed by atoms with Crippen molar-refractivity contribution in [3.05, 3.63) is 48.0 Å². The molecular weight excluding hydrogens is 266 g/mol. The summed E-state index contributed by atoms with van der Waals surface area (Å²) in [6.07, 6.45) is 3.83. The number of hydrogen-bond acceptors (Lipinski definition) is 4. The highest BCUT2D eigenvalue weighted by molar-refractivity contribution is 5.53. The summed E-state index contributed by atoms with van der Waals surface area (Å²) in [6, 6.07) is 8.07. The molecule has 3 heterocycles. The fourth-order valence-electron chi connectivity index (χ4n) is 2.56. The Morgan fingerprint density at radius 1 is 1.24 bits per heavy atom. The lowest BCUT2D eigenvalue weighted by Crippen LogP contribution is -2.04. The number of nitrogens with zero attached hydrogens (tertiary/aromatic N) is 5. The first-order chi connectivity index (χ1) is 10.3. The maximum Gasteiger partial charge on any atom is 0.171 e. The second-order valence-electron chi connectivity index (χ2n) is 5.01. The fraction of sp³-hybridized carbons (Fsp3) is 0.267. The van der Waals surface area contributed by atoms with Gasteiger partial charge in [-0.1, -0.05) is 18.2 Å². The van der Waals surface area contributed by atoms with Crippen molar-refractivity contribution in [1.29, 1.82) is 0 Å². The molecule has 1 aromatic carbocycles. The predicted molar refractivity (Wildman–Crippen MR) is 76.8 cm³/mol. The van der Waals surface area contributed by atoms with Gasteiger partial charge in [0.05, 0.1) is 18.3 Å². The molecule has 0 fully saturated rings. The fourth-order valence-corrected chi connectivity index (χ4v) is 2.56. The van der Waals surface area contributed by atoms with Crippen LogP contribution in [-0.4, -0.2) is 24.5 Å². The number of rotatable bonds is 2. The van der Waals surface area contributed by atoms with Crippen LogP contribution in [0.3, 0.4) is 0 Å². The lowest BCUT2D eigenvalue weighted by atomic mass is 10.2. The number of fused-ring (bicyclic) bond motifs is 2. The largest absolute Gasteiger partial charge is 0.485 e. The molecule has 0 atom stereocenters. The molecule has 1 aliphatic rings. The second-order valence-corrected chi connectivity index (χ2v) is 5.01. The molecule has 0 unspecified atom stereocenters. The van der Waals surface area contributed by atoms with E-state index in [4.69, 9.17) is 4.74 Å². The second kappa shape index (κ2) is 4.73. The van der Waals surface area contributed by atoms with Crippen LogP contribution in [-0.2, 0) is 19.7 Å². The van der Waals surface area contributed by atoms with E-state index in [1.165, 1.54) is 0 Å². The molecule has 0 amide bonds. The number of hydrogen-bond donors (Lipinski definition) is 0. The van der Waals surface area contributed by atoms with Crippen LogP contribution in [0.15, 0.2) is 36.7 Å². The standard InChI is InChI=1S/C15H15N5O/c1-2-19-8-12(7-16-19)15-18-17-14-10-21-13-6-4-3-5-11(13)9-20(14)15/h3-8H,2,9-10H2,1H3. The summed E-state index contributed by atoms with van der Waals surface area (Å²) in [5.74, 6) is 2.59. The molecule has 6 nitrogen and oxygen atoms in total. The number of aromatic nitrogens is 5. The topological polar surface area (TPSA) is 57.8 Å². The van der Waals surface area contributed by atoms with Crippen molar-refractivity contribution < 1.29 is 4.74 Å². The van der Waals surface area contributed by atoms with Gasteiger partial charge in [-0.15, -0.1) is 10.2 Å². The quantitative estimate of drug-likeness (QED) is 0.722. The van der Waals surface area contributed by atoms with Gasteiger partial charge >= 0.3 is 0 Å². The van der Waals surface area contributed by atoms with E-state index in [9.17, 15) is 0 Å². The van der Waals surface area contributed by atoms with Gasteiger partial charge in [-0.05, 0) is 13.0 Å². The summed E-state index contributed by atoms with van der Waals surface area (Å²) >= 11 is 0. The van der Waals surface area contributed by atoms with E-state index < -0.39 is 0 Å². The normalized spacial score (nSPS) is 13.2. The molecule has 0 bridgehead atoms. The van der Waals surface area contributed by atoms with Crippen LogP contribution in [0.25, 0.3) is 11.4 Å². The van der Waals surface area contributed by atoms with E-state index in [1.807, 2.05) is 35.3 Å². The van der Waals surface area contributed by atoms with Gasteiger partial charge in [0.1, 0.15) is 12.4 Å². The molecule has 0 saturated heterocycles. The average molecular weight is 281 g/mol. The van der Waals surface area contributed by atoms with Crippen LogP contribution in [0.1, 0.15) is 18.3 Å². The van der Waals surface area contributed by atoms with Crippen LogP contribution in [0.4, 0.5) is 0 Å². The molecule has 1 aliphatic heterocycles. The van der Waals surface area contributed by atoms with Crippen LogP contribution in [0.2, 0.25) is 0 Å². The Kier molecular flexibility index (Phi) is 2.73. The highest BCUT2D eigenvalue weighted by atomic mass is 16.5. The molecule has 4 rings (SSSR count). The van der Waals surface area contributed by atoms with Gasteiger partial charge in [-0.2, -0.15) is 5.10 Å². The minimum atomic E-state index is 0.436. The monoisotopic (exact) mass is 281 g/mol. The highest BCUT2D eigenvalue weighted by Crippen LogP contribution is 2.27. The molecule has 6 heteroatoms. The number of ether oxygens (including phenoxy) is 1. The van der Waals surface area contributed by atoms with Crippen LogP contribution in [0, 0.1) is 0 Å². The molecule has 3 aromatic rings. The van der Waals surface area contributed by atoms with E-state index in [2.05, 4.69) is 32.9 Å². The third kappa shape index (κ3) is 1.99. The summed E-state index contributed by atoms with van der Waals surface area (Å²) in [6.45, 7) is 4.05. The average Bonchev–Trinajstić information content (AvgIpc) is 3.09. The van der Waals surface area contributed by atoms with Gasteiger partial charge in [0.15, 0.2) is 11.6 Å². The van der Waals surface area contributed by atoms with Gasteiger partial charge in [0.25, 0.3) is 0 Å². The van der Waals surface area contributed by atoms with Gasteiger partial charge < -0.3 is 9.30 Å². The van der Waals surface area contributed by atoms with E-state index >= 15 is 0 Å². The number of aryl methyl sites for hydroxylation is 1. The van der Waals surface area contributed by atoms with Crippen molar-refractivity contribution in [1.82, 2.24) is 24.5 Å². The minimum Gasteiger partial charge on any atom is -0.485 e. The molecule has 0 N–H and O–H groups in total. The Bertz CT molecular complexity index is 789. The molecule has 21 heavy (non-hydrogen) atoms. The van der Waals surface area contributed by atoms with Crippen LogP contribution in [0.5, 0.6) is 5.75 Å². The SMILES string of the molecule is CCn1cc(-c2nnc3n2Cc2ccccc2OC3)cn1. The molecule has 0 radical (unpaired) electrons. The lowest BCUT2D eigenvalue weighted by molar-refractivity contribution is 0.297. The minimum absolute atomic E-state index is 0.436. The Labute approximate surface area is 122 Å². The predicted octanol–water partition coefficient (Wildman–Crippen LogP) is 2.10. The van der Waals surface area contributed by atoms with Crippen LogP contribution < -0.4 is 4.74 Å². The van der Waals surface area contributed by atoms with Crippen LogP contribution >= 0.6 is 0 Å². The van der Waals surface area contributed by atoms with Gasteiger partial charge in [0, 0.05) is 18.3 Å². The maximum absolute atomic E-state index is 5.81. The Morgan fingerprint density at radius 2 is 2.14 bits per heavy atom. The summed E-state index contributed by atoms with van der Waals surface area (Å²) in [4.78, 5) is 0. The molecule has 0 spiro atoms. The zero-order valence-corrected chi connectivity index (χ0v) is 11.7. The van der Waals surface area contributed by atoms with Gasteiger partial charge in [0.2, 0.25) is 0 Å². The summed E-state index contributed by atoms with van der Waals surface area (Å²) in [7, 11) is 0. The van der Waals surface area contributed by atoms with E-state index in [0.717, 1.165) is 35.1 Å². The molecule has 0 saturated carbocycles. The molecule has 2 aromatic heterocycles. The van der Waals surface area contributed by atoms with Crippen molar-refractivity contribution in [2.45, 2.75) is 26.6 Å². The highest BCUT2D eigenvalue weighted by Gasteiger charge is 2.20. The summed E-state index contributed by atoms with van der Waals surface area (Å²) < 4.78 is 9.79. The first kappa shape index (κ1) is 12.1. The van der Waals surface area contributed by atoms with Gasteiger partial charge in [-0.25, -0.2) is 0 Å². The van der Waals surface area contributed by atoms with Gasteiger partial charge in [-0.3, -0.25) is 4.68 Å². The van der Waals surface area contributed by atoms with Crippen molar-refractivity contribution in [3.8, 4) is 17.1 Å². The van der Waals surface area contributed by atoms with Crippen molar-refractivity contribution in [3.63, 3.8) is 0 Å². The Balaban J connectivity index is 1.79. The first-order valence-corrected chi connectivity index (χ1v) is 7.00. The van der Waals surface area contributed by atoms with E-state index in [0.29, 0.717) is 13.2 Å². The lowest BCUT2D eigenvalue weighted by Gasteiger charge is -2.06. The zero-order chi connectivity index (χ0) is 14.2. The summed E-state index contributed by atoms with van der Waals surface area (Å²) in [5.41, 5.74) is 2.12. The maximum atomic E-state index is 5.81. The molecular formula is C15H15N5O. The first-order valence-electron chi connectivity index (χ1n) is 7.00. The smallest absolute Gasteiger partial charge is 0.171 e. The van der Waals surface area contributed by atoms with E-state index in [1.54, 1.807) is 0 Å². The van der Waals surface area contributed by atoms with E-state index in [-0.39, 0.29) is 0 Å². The van der Waals surface area contributed by atoms with Crippen molar-refractivity contribution in [2.75, 3.05) is 0 Å². The third-order valence-electron chi connectivity index (χ3n) is 3.70. The number of benzene rings is 1. The third-order valence-corrected chi connectivity index (χ3v) is 3.70. The van der Waals surface area contributed by atoms with Crippen molar-refractivity contribution >= 4 is 0 Å². The Morgan fingerprint density at radius 3 is 3.00 bits per heavy atom. The zero-order valence-electron chi connectivity index (χ0n) is 11.7.